The summed E-state index contributed by atoms with van der Waals surface area (Å²) in [6.45, 7) is 7.28. The van der Waals surface area contributed by atoms with Crippen LogP contribution in [0.3, 0.4) is 0 Å². The minimum Gasteiger partial charge on any atom is -0.494 e. The van der Waals surface area contributed by atoms with Crippen LogP contribution in [0.4, 0.5) is 14.7 Å². The number of anilines is 1. The van der Waals surface area contributed by atoms with Gasteiger partial charge in [-0.3, -0.25) is 9.47 Å². The van der Waals surface area contributed by atoms with Gasteiger partial charge < -0.3 is 29.7 Å². The molecule has 3 aliphatic heterocycles. The Morgan fingerprint density at radius 3 is 2.43 bits per heavy atom. The number of aliphatic imine (C=N–C) groups is 2. The maximum atomic E-state index is 14.4. The van der Waals surface area contributed by atoms with Gasteiger partial charge >= 0.3 is 0 Å². The lowest BCUT2D eigenvalue weighted by Gasteiger charge is -2.31. The monoisotopic (exact) mass is 613 g/mol. The van der Waals surface area contributed by atoms with Crippen molar-refractivity contribution >= 4 is 29.2 Å². The molecule has 44 heavy (non-hydrogen) atoms. The Morgan fingerprint density at radius 1 is 1.02 bits per heavy atom. The summed E-state index contributed by atoms with van der Waals surface area (Å²) in [6, 6.07) is 5.03. The number of rotatable bonds is 9. The van der Waals surface area contributed by atoms with E-state index in [0.29, 0.717) is 49.5 Å². The van der Waals surface area contributed by atoms with E-state index >= 15 is 0 Å². The molecule has 2 N–H and O–H groups in total. The lowest BCUT2D eigenvalue weighted by molar-refractivity contribution is 0.0369. The standard InChI is InChI=1S/C28H37F2N11O3/c1-38(7-4-8-39-9-13-43-14-10-39)25-32-17-28(31,18-33-25)24-35-26(40-11-15-44-16-12-40)37-27(36-24)41-19-5-3-6-20(42-2)21(19)34-23(41)22(29)30/h3,5-6,17,22H,4,7-16,18,31H2,1-2H3. The molecule has 0 amide bonds. The molecule has 1 atom stereocenters. The van der Waals surface area contributed by atoms with Gasteiger partial charge in [-0.1, -0.05) is 6.07 Å². The first-order valence-electron chi connectivity index (χ1n) is 14.7. The van der Waals surface area contributed by atoms with Crippen molar-refractivity contribution in [3.63, 3.8) is 0 Å². The molecule has 0 saturated carbocycles. The molecule has 6 rings (SSSR count). The lowest BCUT2D eigenvalue weighted by Crippen LogP contribution is -2.48. The molecule has 2 saturated heterocycles. The molecule has 1 aromatic carbocycles. The number of fused-ring (bicyclic) bond motifs is 1. The summed E-state index contributed by atoms with van der Waals surface area (Å²) >= 11 is 0. The second-order valence-electron chi connectivity index (χ2n) is 10.9. The summed E-state index contributed by atoms with van der Waals surface area (Å²) in [6.07, 6.45) is -0.374. The molecule has 3 aromatic rings. The SMILES string of the molecule is COc1cccc2c1nc(C(F)F)n2-c1nc(N2CCOCC2)nc(C2(N)C=NC(N(C)CCCN3CCOCC3)=NC2)n1. The Bertz CT molecular complexity index is 1520. The topological polar surface area (TPSA) is 145 Å². The number of benzene rings is 1. The number of para-hydroxylation sites is 1. The Labute approximate surface area is 253 Å². The van der Waals surface area contributed by atoms with Gasteiger partial charge in [0, 0.05) is 52.5 Å². The second kappa shape index (κ2) is 13.0. The fourth-order valence-corrected chi connectivity index (χ4v) is 5.44. The van der Waals surface area contributed by atoms with Crippen LogP contribution in [0.15, 0.2) is 28.2 Å². The molecular weight excluding hydrogens is 576 g/mol. The molecule has 236 valence electrons. The van der Waals surface area contributed by atoms with E-state index < -0.39 is 17.8 Å². The van der Waals surface area contributed by atoms with Crippen LogP contribution in [0.1, 0.15) is 24.5 Å². The predicted molar refractivity (Wildman–Crippen MR) is 160 cm³/mol. The van der Waals surface area contributed by atoms with Gasteiger partial charge in [0.05, 0.1) is 45.6 Å². The first-order valence-corrected chi connectivity index (χ1v) is 14.7. The summed E-state index contributed by atoms with van der Waals surface area (Å²) in [7, 11) is 3.41. The van der Waals surface area contributed by atoms with Crippen molar-refractivity contribution in [1.82, 2.24) is 34.3 Å². The molecule has 0 radical (unpaired) electrons. The van der Waals surface area contributed by atoms with Gasteiger partial charge in [-0.05, 0) is 18.6 Å². The van der Waals surface area contributed by atoms with Gasteiger partial charge in [-0.2, -0.15) is 15.0 Å². The van der Waals surface area contributed by atoms with Crippen molar-refractivity contribution in [2.24, 2.45) is 15.7 Å². The molecule has 2 aromatic heterocycles. The molecule has 16 heteroatoms. The van der Waals surface area contributed by atoms with Crippen LogP contribution in [-0.4, -0.2) is 133 Å². The average molecular weight is 614 g/mol. The van der Waals surface area contributed by atoms with Crippen LogP contribution in [0, 0.1) is 0 Å². The zero-order valence-electron chi connectivity index (χ0n) is 24.9. The molecule has 0 bridgehead atoms. The number of hydrogen-bond acceptors (Lipinski definition) is 13. The second-order valence-corrected chi connectivity index (χ2v) is 10.9. The molecule has 14 nitrogen and oxygen atoms in total. The summed E-state index contributed by atoms with van der Waals surface area (Å²) in [5.41, 5.74) is 6.18. The van der Waals surface area contributed by atoms with Gasteiger partial charge in [-0.15, -0.1) is 0 Å². The fourth-order valence-electron chi connectivity index (χ4n) is 5.44. The van der Waals surface area contributed by atoms with Gasteiger partial charge in [0.15, 0.2) is 11.6 Å². The third kappa shape index (κ3) is 6.20. The van der Waals surface area contributed by atoms with Crippen molar-refractivity contribution in [3.8, 4) is 11.7 Å². The van der Waals surface area contributed by atoms with Crippen molar-refractivity contribution < 1.29 is 23.0 Å². The number of guanidine groups is 1. The fraction of sp³-hybridized carbons (Fsp3) is 0.571. The first kappa shape index (κ1) is 30.2. The first-order chi connectivity index (χ1) is 21.4. The zero-order chi connectivity index (χ0) is 30.7. The highest BCUT2D eigenvalue weighted by Crippen LogP contribution is 2.32. The zero-order valence-corrected chi connectivity index (χ0v) is 24.9. The van der Waals surface area contributed by atoms with Crippen LogP contribution in [-0.2, 0) is 15.0 Å². The quantitative estimate of drug-likeness (QED) is 0.372. The van der Waals surface area contributed by atoms with Gasteiger partial charge in [0.25, 0.3) is 6.43 Å². The highest BCUT2D eigenvalue weighted by molar-refractivity contribution is 5.93. The maximum Gasteiger partial charge on any atom is 0.296 e. The van der Waals surface area contributed by atoms with Gasteiger partial charge in [-0.25, -0.2) is 23.7 Å². The van der Waals surface area contributed by atoms with Crippen LogP contribution in [0.25, 0.3) is 17.0 Å². The third-order valence-electron chi connectivity index (χ3n) is 7.92. The van der Waals surface area contributed by atoms with E-state index in [1.165, 1.54) is 11.7 Å². The minimum absolute atomic E-state index is 0.0317. The summed E-state index contributed by atoms with van der Waals surface area (Å²) in [4.78, 5) is 33.7. The number of ether oxygens (including phenoxy) is 3. The number of nitrogens with zero attached hydrogens (tertiary/aromatic N) is 10. The van der Waals surface area contributed by atoms with Crippen molar-refractivity contribution in [3.05, 3.63) is 29.8 Å². The lowest BCUT2D eigenvalue weighted by atomic mass is 10.0. The Hall–Kier alpha value is -3.86. The number of methoxy groups -OCH3 is 1. The van der Waals surface area contributed by atoms with Crippen LogP contribution in [0.2, 0.25) is 0 Å². The van der Waals surface area contributed by atoms with E-state index in [2.05, 4.69) is 29.8 Å². The van der Waals surface area contributed by atoms with E-state index in [-0.39, 0.29) is 23.8 Å². The van der Waals surface area contributed by atoms with E-state index in [1.807, 2.05) is 16.8 Å². The molecule has 0 aliphatic carbocycles. The Morgan fingerprint density at radius 2 is 1.75 bits per heavy atom. The number of imidazole rings is 1. The van der Waals surface area contributed by atoms with Crippen LogP contribution in [0.5, 0.6) is 5.75 Å². The number of hydrogen-bond donors (Lipinski definition) is 1. The number of nitrogens with two attached hydrogens (primary N) is 1. The number of alkyl halides is 2. The van der Waals surface area contributed by atoms with Crippen molar-refractivity contribution in [2.75, 3.05) is 91.3 Å². The van der Waals surface area contributed by atoms with Crippen molar-refractivity contribution in [2.45, 2.75) is 18.4 Å². The van der Waals surface area contributed by atoms with Gasteiger partial charge in [0.2, 0.25) is 17.9 Å². The van der Waals surface area contributed by atoms with Crippen LogP contribution < -0.4 is 15.4 Å². The Balaban J connectivity index is 1.31. The number of morpholine rings is 2. The smallest absolute Gasteiger partial charge is 0.296 e. The van der Waals surface area contributed by atoms with E-state index in [9.17, 15) is 8.78 Å². The molecule has 2 fully saturated rings. The van der Waals surface area contributed by atoms with E-state index in [1.54, 1.807) is 24.4 Å². The molecule has 5 heterocycles. The van der Waals surface area contributed by atoms with E-state index in [0.717, 1.165) is 45.8 Å². The molecule has 3 aliphatic rings. The molecule has 0 spiro atoms. The largest absolute Gasteiger partial charge is 0.494 e. The minimum atomic E-state index is -2.91. The number of aromatic nitrogens is 5. The third-order valence-corrected chi connectivity index (χ3v) is 7.92. The van der Waals surface area contributed by atoms with Crippen LogP contribution >= 0.6 is 0 Å². The Kier molecular flexibility index (Phi) is 8.93. The summed E-state index contributed by atoms with van der Waals surface area (Å²) < 4.78 is 46.3. The summed E-state index contributed by atoms with van der Waals surface area (Å²) in [5, 5.41) is 0. The maximum absolute atomic E-state index is 14.4. The molecule has 1 unspecified atom stereocenters. The average Bonchev–Trinajstić information content (AvgIpc) is 3.46. The number of halogens is 2. The predicted octanol–water partition coefficient (Wildman–Crippen LogP) is 1.24. The highest BCUT2D eigenvalue weighted by Gasteiger charge is 2.35. The van der Waals surface area contributed by atoms with E-state index in [4.69, 9.17) is 24.9 Å². The summed E-state index contributed by atoms with van der Waals surface area (Å²) in [5.74, 6) is 0.828. The van der Waals surface area contributed by atoms with Crippen molar-refractivity contribution in [1.29, 1.82) is 0 Å². The van der Waals surface area contributed by atoms with Gasteiger partial charge in [0.1, 0.15) is 16.8 Å². The molecular formula is C28H37F2N11O3. The normalized spacial score (nSPS) is 21.2. The highest BCUT2D eigenvalue weighted by atomic mass is 19.3.